The summed E-state index contributed by atoms with van der Waals surface area (Å²) in [6, 6.07) is 0. The maximum Gasteiger partial charge on any atom is 0.167 e. The number of carbonyl (C=O) groups is 1. The van der Waals surface area contributed by atoms with Crippen molar-refractivity contribution >= 4 is 6.29 Å². The molecule has 17 heavy (non-hydrogen) atoms. The van der Waals surface area contributed by atoms with Gasteiger partial charge in [0.2, 0.25) is 0 Å². The van der Waals surface area contributed by atoms with E-state index in [0.29, 0.717) is 32.7 Å². The van der Waals surface area contributed by atoms with Crippen molar-refractivity contribution in [3.63, 3.8) is 0 Å². The van der Waals surface area contributed by atoms with Crippen LogP contribution in [0.4, 0.5) is 0 Å². The number of rotatable bonds is 8. The topological polar surface area (TPSA) is 103 Å². The minimum Gasteiger partial charge on any atom is -0.395 e. The van der Waals surface area contributed by atoms with Crippen molar-refractivity contribution in [3.05, 3.63) is 11.9 Å². The van der Waals surface area contributed by atoms with E-state index < -0.39 is 0 Å². The van der Waals surface area contributed by atoms with Gasteiger partial charge in [0.25, 0.3) is 0 Å². The molecule has 0 spiro atoms. The lowest BCUT2D eigenvalue weighted by atomic mass is 10.5. The molecule has 0 aliphatic carbocycles. The van der Waals surface area contributed by atoms with Crippen molar-refractivity contribution in [1.82, 2.24) is 10.3 Å². The van der Waals surface area contributed by atoms with Crippen LogP contribution in [0.15, 0.2) is 11.9 Å². The zero-order valence-electron chi connectivity index (χ0n) is 10.8. The number of nitrogens with two attached hydrogens (primary N) is 2. The Balaban J connectivity index is 0. The van der Waals surface area contributed by atoms with Crippen molar-refractivity contribution in [2.75, 3.05) is 47.6 Å². The normalized spacial score (nSPS) is 10.5. The fourth-order valence-corrected chi connectivity index (χ4v) is 0.701. The van der Waals surface area contributed by atoms with Crippen LogP contribution in [-0.4, -0.2) is 58.9 Å². The summed E-state index contributed by atoms with van der Waals surface area (Å²) in [7, 11) is 5.35. The van der Waals surface area contributed by atoms with Gasteiger partial charge in [-0.05, 0) is 14.1 Å². The second-order valence-corrected chi connectivity index (χ2v) is 3.09. The molecule has 0 aliphatic rings. The highest BCUT2D eigenvalue weighted by molar-refractivity contribution is 5.71. The van der Waals surface area contributed by atoms with E-state index in [1.54, 1.807) is 7.11 Å². The molecule has 0 saturated heterocycles. The second-order valence-electron chi connectivity index (χ2n) is 3.09. The monoisotopic (exact) mass is 248 g/mol. The maximum absolute atomic E-state index is 10.1. The van der Waals surface area contributed by atoms with E-state index in [-0.39, 0.29) is 5.70 Å². The fraction of sp³-hybridized carbons (Fsp3) is 0.700. The van der Waals surface area contributed by atoms with Crippen molar-refractivity contribution in [3.8, 4) is 0 Å². The molecule has 0 aromatic rings. The van der Waals surface area contributed by atoms with Gasteiger partial charge in [0.15, 0.2) is 6.29 Å². The lowest BCUT2D eigenvalue weighted by Gasteiger charge is -2.13. The summed E-state index contributed by atoms with van der Waals surface area (Å²) >= 11 is 0. The summed E-state index contributed by atoms with van der Waals surface area (Å²) in [5, 5.41) is 4.05. The molecule has 102 valence electrons. The Hall–Kier alpha value is -1.15. The number of aldehydes is 1. The first-order valence-corrected chi connectivity index (χ1v) is 5.21. The highest BCUT2D eigenvalue weighted by Crippen LogP contribution is 1.84. The Morgan fingerprint density at radius 1 is 1.35 bits per heavy atom. The highest BCUT2D eigenvalue weighted by Gasteiger charge is 1.94. The number of methoxy groups -OCH3 is 1. The molecular formula is C10H24N4O3. The molecule has 0 radical (unpaired) electrons. The van der Waals surface area contributed by atoms with Crippen LogP contribution < -0.4 is 16.9 Å². The molecule has 0 aliphatic heterocycles. The average molecular weight is 248 g/mol. The predicted octanol–water partition coefficient (Wildman–Crippen LogP) is -1.34. The van der Waals surface area contributed by atoms with Gasteiger partial charge in [-0.25, -0.2) is 5.84 Å². The lowest BCUT2D eigenvalue weighted by molar-refractivity contribution is -0.105. The molecule has 0 amide bonds. The van der Waals surface area contributed by atoms with E-state index in [1.807, 2.05) is 14.1 Å². The van der Waals surface area contributed by atoms with Gasteiger partial charge in [-0.15, -0.1) is 0 Å². The molecule has 0 unspecified atom stereocenters. The van der Waals surface area contributed by atoms with Crippen LogP contribution in [0.3, 0.4) is 0 Å². The zero-order chi connectivity index (χ0) is 13.5. The Morgan fingerprint density at radius 2 is 1.94 bits per heavy atom. The first-order chi connectivity index (χ1) is 8.12. The van der Waals surface area contributed by atoms with E-state index in [2.05, 4.69) is 5.32 Å². The molecule has 0 bridgehead atoms. The fourth-order valence-electron chi connectivity index (χ4n) is 0.701. The van der Waals surface area contributed by atoms with Gasteiger partial charge in [0.05, 0.1) is 32.1 Å². The lowest BCUT2D eigenvalue weighted by Crippen LogP contribution is -2.30. The van der Waals surface area contributed by atoms with Crippen LogP contribution in [0.25, 0.3) is 0 Å². The Kier molecular flexibility index (Phi) is 15.9. The third-order valence-electron chi connectivity index (χ3n) is 1.38. The number of ether oxygens (including phenoxy) is 2. The van der Waals surface area contributed by atoms with Gasteiger partial charge in [-0.3, -0.25) is 4.79 Å². The summed E-state index contributed by atoms with van der Waals surface area (Å²) < 4.78 is 9.94. The van der Waals surface area contributed by atoms with Gasteiger partial charge in [0, 0.05) is 13.3 Å². The van der Waals surface area contributed by atoms with Gasteiger partial charge >= 0.3 is 0 Å². The largest absolute Gasteiger partial charge is 0.395 e. The first kappa shape index (κ1) is 18.2. The Bertz CT molecular complexity index is 200. The molecule has 0 heterocycles. The molecular weight excluding hydrogens is 224 g/mol. The molecule has 7 nitrogen and oxygen atoms in total. The number of hydrogen-bond acceptors (Lipinski definition) is 7. The summed E-state index contributed by atoms with van der Waals surface area (Å²) in [6.45, 7) is 2.01. The first-order valence-electron chi connectivity index (χ1n) is 5.21. The van der Waals surface area contributed by atoms with Crippen LogP contribution in [0, 0.1) is 0 Å². The summed E-state index contributed by atoms with van der Waals surface area (Å²) in [6.07, 6.45) is 1.89. The summed E-state index contributed by atoms with van der Waals surface area (Å²) in [5.41, 5.74) is 5.32. The van der Waals surface area contributed by atoms with E-state index >= 15 is 0 Å². The number of nitrogens with one attached hydrogen (secondary N) is 1. The molecule has 0 fully saturated rings. The van der Waals surface area contributed by atoms with Crippen molar-refractivity contribution in [2.45, 2.75) is 0 Å². The SMILES string of the molecule is CNC.COCCOCCN(N)/C=C(\N)C=O. The van der Waals surface area contributed by atoms with Crippen molar-refractivity contribution in [1.29, 1.82) is 0 Å². The molecule has 0 saturated carbocycles. The van der Waals surface area contributed by atoms with E-state index in [9.17, 15) is 4.79 Å². The standard InChI is InChI=1S/C8H17N3O3.C2H7N/c1-13-4-5-14-3-2-11(10)6-8(9)7-12;1-3-2/h6-7H,2-5,9-10H2,1H3;3H,1-2H3/b8-6-;. The molecule has 7 heteroatoms. The minimum atomic E-state index is 0.0874. The third kappa shape index (κ3) is 17.5. The van der Waals surface area contributed by atoms with Gasteiger partial charge in [0.1, 0.15) is 0 Å². The number of carbonyl (C=O) groups excluding carboxylic acids is 1. The molecule has 5 N–H and O–H groups in total. The van der Waals surface area contributed by atoms with Crippen LogP contribution in [-0.2, 0) is 14.3 Å². The summed E-state index contributed by atoms with van der Waals surface area (Å²) in [5.74, 6) is 5.47. The van der Waals surface area contributed by atoms with E-state index in [1.165, 1.54) is 11.2 Å². The Morgan fingerprint density at radius 3 is 2.41 bits per heavy atom. The third-order valence-corrected chi connectivity index (χ3v) is 1.38. The minimum absolute atomic E-state index is 0.0874. The van der Waals surface area contributed by atoms with E-state index in [4.69, 9.17) is 21.1 Å². The zero-order valence-corrected chi connectivity index (χ0v) is 10.8. The number of allylic oxidation sites excluding steroid dienone is 1. The van der Waals surface area contributed by atoms with Gasteiger partial charge < -0.3 is 25.5 Å². The van der Waals surface area contributed by atoms with Crippen LogP contribution >= 0.6 is 0 Å². The van der Waals surface area contributed by atoms with Crippen LogP contribution in [0.1, 0.15) is 0 Å². The van der Waals surface area contributed by atoms with Crippen molar-refractivity contribution in [2.24, 2.45) is 11.6 Å². The second kappa shape index (κ2) is 14.8. The summed E-state index contributed by atoms with van der Waals surface area (Å²) in [4.78, 5) is 10.1. The van der Waals surface area contributed by atoms with Crippen LogP contribution in [0.5, 0.6) is 0 Å². The van der Waals surface area contributed by atoms with Gasteiger partial charge in [-0.1, -0.05) is 0 Å². The van der Waals surface area contributed by atoms with E-state index in [0.717, 1.165) is 0 Å². The number of hydrogen-bond donors (Lipinski definition) is 3. The average Bonchev–Trinajstić information content (AvgIpc) is 2.29. The molecule has 0 atom stereocenters. The highest BCUT2D eigenvalue weighted by atomic mass is 16.5. The quantitative estimate of drug-likeness (QED) is 0.161. The molecule has 0 aromatic heterocycles. The number of hydrazine groups is 1. The maximum atomic E-state index is 10.1. The Labute approximate surface area is 103 Å². The smallest absolute Gasteiger partial charge is 0.167 e. The molecule has 0 rings (SSSR count). The van der Waals surface area contributed by atoms with Crippen LogP contribution in [0.2, 0.25) is 0 Å². The predicted molar refractivity (Wildman–Crippen MR) is 66.9 cm³/mol. The van der Waals surface area contributed by atoms with Gasteiger partial charge in [-0.2, -0.15) is 0 Å². The van der Waals surface area contributed by atoms with Crippen molar-refractivity contribution < 1.29 is 14.3 Å². The molecule has 0 aromatic carbocycles. The number of nitrogens with zero attached hydrogens (tertiary/aromatic N) is 1.